The van der Waals surface area contributed by atoms with E-state index in [-0.39, 0.29) is 5.78 Å². The highest BCUT2D eigenvalue weighted by molar-refractivity contribution is 6.14. The Bertz CT molecular complexity index is 814. The molecule has 0 amide bonds. The maximum atomic E-state index is 13.1. The Morgan fingerprint density at radius 3 is 2.46 bits per heavy atom. The average molecular weight is 322 g/mol. The van der Waals surface area contributed by atoms with E-state index in [1.165, 1.54) is 0 Å². The lowest BCUT2D eigenvalue weighted by Gasteiger charge is -2.14. The molecular formula is C21H22O3. The molecule has 1 heterocycles. The lowest BCUT2D eigenvalue weighted by Crippen LogP contribution is -2.06. The van der Waals surface area contributed by atoms with Crippen molar-refractivity contribution in [2.45, 2.75) is 27.2 Å². The molecule has 0 spiro atoms. The second-order valence-corrected chi connectivity index (χ2v) is 6.21. The maximum Gasteiger partial charge on any atom is 0.193 e. The lowest BCUT2D eigenvalue weighted by atomic mass is 9.92. The first-order valence-corrected chi connectivity index (χ1v) is 8.14. The monoisotopic (exact) mass is 322 g/mol. The third-order valence-electron chi connectivity index (χ3n) is 4.58. The molecule has 2 aromatic carbocycles. The van der Waals surface area contributed by atoms with Gasteiger partial charge in [-0.25, -0.2) is 0 Å². The molecule has 0 saturated heterocycles. The van der Waals surface area contributed by atoms with Crippen molar-refractivity contribution in [2.75, 3.05) is 13.7 Å². The molecule has 1 aliphatic rings. The second-order valence-electron chi connectivity index (χ2n) is 6.21. The van der Waals surface area contributed by atoms with Crippen LogP contribution in [0.1, 0.15) is 39.0 Å². The Kier molecular flexibility index (Phi) is 4.43. The van der Waals surface area contributed by atoms with Crippen LogP contribution in [0.15, 0.2) is 35.9 Å². The van der Waals surface area contributed by atoms with Gasteiger partial charge in [0.1, 0.15) is 11.5 Å². The summed E-state index contributed by atoms with van der Waals surface area (Å²) in [6.07, 6.45) is 2.56. The molecular weight excluding hydrogens is 300 g/mol. The minimum Gasteiger partial charge on any atom is -0.497 e. The zero-order chi connectivity index (χ0) is 17.3. The average Bonchev–Trinajstić information content (AvgIpc) is 2.73. The lowest BCUT2D eigenvalue weighted by molar-refractivity contribution is 0.103. The molecule has 1 aliphatic heterocycles. The van der Waals surface area contributed by atoms with Crippen LogP contribution >= 0.6 is 0 Å². The summed E-state index contributed by atoms with van der Waals surface area (Å²) < 4.78 is 11.1. The number of Topliss-reactive ketones (excluding diaryl/α,β-unsaturated/α-hetero) is 1. The van der Waals surface area contributed by atoms with Crippen LogP contribution in [0.4, 0.5) is 0 Å². The van der Waals surface area contributed by atoms with Crippen molar-refractivity contribution >= 4 is 11.9 Å². The molecule has 0 radical (unpaired) electrons. The molecule has 0 N–H and O–H groups in total. The third kappa shape index (κ3) is 2.94. The van der Waals surface area contributed by atoms with Gasteiger partial charge >= 0.3 is 0 Å². The van der Waals surface area contributed by atoms with Crippen LogP contribution in [0.25, 0.3) is 6.08 Å². The van der Waals surface area contributed by atoms with Gasteiger partial charge in [0.25, 0.3) is 0 Å². The Morgan fingerprint density at radius 1 is 1.08 bits per heavy atom. The number of carbonyl (C=O) groups excluding carboxylic acids is 1. The minimum atomic E-state index is 0.0684. The minimum absolute atomic E-state index is 0.0684. The van der Waals surface area contributed by atoms with Crippen molar-refractivity contribution in [3.05, 3.63) is 63.7 Å². The van der Waals surface area contributed by atoms with E-state index in [0.717, 1.165) is 39.3 Å². The Labute approximate surface area is 142 Å². The first-order valence-electron chi connectivity index (χ1n) is 8.14. The van der Waals surface area contributed by atoms with E-state index in [1.807, 2.05) is 44.2 Å². The topological polar surface area (TPSA) is 35.5 Å². The highest BCUT2D eigenvalue weighted by Gasteiger charge is 2.25. The van der Waals surface area contributed by atoms with Crippen LogP contribution in [0, 0.1) is 20.8 Å². The van der Waals surface area contributed by atoms with Gasteiger partial charge in [-0.1, -0.05) is 18.2 Å². The van der Waals surface area contributed by atoms with Gasteiger partial charge in [0, 0.05) is 12.0 Å². The number of ether oxygens (including phenoxy) is 2. The zero-order valence-corrected chi connectivity index (χ0v) is 14.6. The van der Waals surface area contributed by atoms with E-state index in [9.17, 15) is 4.79 Å². The molecule has 0 atom stereocenters. The number of fused-ring (bicyclic) bond motifs is 1. The molecule has 0 unspecified atom stereocenters. The fraction of sp³-hybridized carbons (Fsp3) is 0.286. The summed E-state index contributed by atoms with van der Waals surface area (Å²) in [5.41, 5.74) is 5.65. The highest BCUT2D eigenvalue weighted by atomic mass is 16.5. The molecule has 3 nitrogen and oxygen atoms in total. The van der Waals surface area contributed by atoms with E-state index in [2.05, 4.69) is 13.0 Å². The summed E-state index contributed by atoms with van der Waals surface area (Å²) in [6.45, 7) is 6.56. The summed E-state index contributed by atoms with van der Waals surface area (Å²) in [6, 6.07) is 9.78. The second kappa shape index (κ2) is 6.52. The number of ketones is 1. The summed E-state index contributed by atoms with van der Waals surface area (Å²) >= 11 is 0. The van der Waals surface area contributed by atoms with Gasteiger partial charge in [0.2, 0.25) is 0 Å². The van der Waals surface area contributed by atoms with Crippen molar-refractivity contribution in [2.24, 2.45) is 0 Å². The molecule has 3 rings (SSSR count). The predicted molar refractivity (Wildman–Crippen MR) is 96.1 cm³/mol. The fourth-order valence-corrected chi connectivity index (χ4v) is 3.09. The van der Waals surface area contributed by atoms with E-state index >= 15 is 0 Å². The Morgan fingerprint density at radius 2 is 1.79 bits per heavy atom. The largest absolute Gasteiger partial charge is 0.497 e. The SMILES string of the molecule is COc1ccc(/C=C2\CCOc3c(C)c(C)cc(C)c3C2=O)cc1. The molecule has 3 heteroatoms. The van der Waals surface area contributed by atoms with Crippen molar-refractivity contribution in [1.29, 1.82) is 0 Å². The summed E-state index contributed by atoms with van der Waals surface area (Å²) in [5.74, 6) is 1.62. The molecule has 0 saturated carbocycles. The van der Waals surface area contributed by atoms with Gasteiger partial charge in [-0.15, -0.1) is 0 Å². The maximum absolute atomic E-state index is 13.1. The predicted octanol–water partition coefficient (Wildman–Crippen LogP) is 4.67. The third-order valence-corrected chi connectivity index (χ3v) is 4.58. The number of benzene rings is 2. The standard InChI is InChI=1S/C21H22O3/c1-13-11-14(2)19-20(22)17(9-10-24-21(19)15(13)3)12-16-5-7-18(23-4)8-6-16/h5-8,11-12H,9-10H2,1-4H3/b17-12+. The molecule has 24 heavy (non-hydrogen) atoms. The molecule has 0 fully saturated rings. The van der Waals surface area contributed by atoms with Gasteiger partial charge in [-0.2, -0.15) is 0 Å². The zero-order valence-electron chi connectivity index (χ0n) is 14.6. The number of aryl methyl sites for hydroxylation is 2. The summed E-state index contributed by atoms with van der Waals surface area (Å²) in [5, 5.41) is 0. The smallest absolute Gasteiger partial charge is 0.193 e. The highest BCUT2D eigenvalue weighted by Crippen LogP contribution is 2.35. The normalized spacial score (nSPS) is 15.7. The van der Waals surface area contributed by atoms with E-state index in [4.69, 9.17) is 9.47 Å². The van der Waals surface area contributed by atoms with Crippen LogP contribution in [-0.4, -0.2) is 19.5 Å². The van der Waals surface area contributed by atoms with Crippen molar-refractivity contribution in [1.82, 2.24) is 0 Å². The number of hydrogen-bond acceptors (Lipinski definition) is 3. The summed E-state index contributed by atoms with van der Waals surface area (Å²) in [7, 11) is 1.64. The fourth-order valence-electron chi connectivity index (χ4n) is 3.09. The van der Waals surface area contributed by atoms with Crippen LogP contribution in [0.2, 0.25) is 0 Å². The number of methoxy groups -OCH3 is 1. The van der Waals surface area contributed by atoms with E-state index < -0.39 is 0 Å². The molecule has 0 aromatic heterocycles. The molecule has 2 aromatic rings. The van der Waals surface area contributed by atoms with E-state index in [0.29, 0.717) is 18.6 Å². The van der Waals surface area contributed by atoms with Crippen LogP contribution in [0.3, 0.4) is 0 Å². The van der Waals surface area contributed by atoms with Crippen molar-refractivity contribution in [3.8, 4) is 11.5 Å². The van der Waals surface area contributed by atoms with E-state index in [1.54, 1.807) is 7.11 Å². The Balaban J connectivity index is 2.04. The van der Waals surface area contributed by atoms with Gasteiger partial charge < -0.3 is 9.47 Å². The van der Waals surface area contributed by atoms with Gasteiger partial charge in [-0.05, 0) is 61.2 Å². The quantitative estimate of drug-likeness (QED) is 0.754. The van der Waals surface area contributed by atoms with Gasteiger partial charge in [0.15, 0.2) is 5.78 Å². The van der Waals surface area contributed by atoms with Crippen molar-refractivity contribution in [3.63, 3.8) is 0 Å². The van der Waals surface area contributed by atoms with Crippen LogP contribution < -0.4 is 9.47 Å². The van der Waals surface area contributed by atoms with Gasteiger partial charge in [-0.3, -0.25) is 4.79 Å². The molecule has 124 valence electrons. The first kappa shape index (κ1) is 16.3. The molecule has 0 bridgehead atoms. The van der Waals surface area contributed by atoms with Crippen LogP contribution in [0.5, 0.6) is 11.5 Å². The van der Waals surface area contributed by atoms with Crippen molar-refractivity contribution < 1.29 is 14.3 Å². The number of carbonyl (C=O) groups is 1. The summed E-state index contributed by atoms with van der Waals surface area (Å²) in [4.78, 5) is 13.1. The first-order chi connectivity index (χ1) is 11.5. The van der Waals surface area contributed by atoms with Gasteiger partial charge in [0.05, 0.1) is 19.3 Å². The number of hydrogen-bond donors (Lipinski definition) is 0. The van der Waals surface area contributed by atoms with Crippen LogP contribution in [-0.2, 0) is 0 Å². The molecule has 0 aliphatic carbocycles. The Hall–Kier alpha value is -2.55. The number of rotatable bonds is 2.